The molecule has 1 heterocycles. The first-order valence-corrected chi connectivity index (χ1v) is 5.06. The Morgan fingerprint density at radius 1 is 1.54 bits per heavy atom. The normalized spacial score (nSPS) is 11.5. The monoisotopic (exact) mass is 270 g/mol. The van der Waals surface area contributed by atoms with Crippen LogP contribution < -0.4 is 0 Å². The summed E-state index contributed by atoms with van der Waals surface area (Å²) >= 11 is 2.74. The van der Waals surface area contributed by atoms with Crippen molar-refractivity contribution in [1.82, 2.24) is 0 Å². The van der Waals surface area contributed by atoms with Gasteiger partial charge in [0.05, 0.1) is 0 Å². The van der Waals surface area contributed by atoms with Gasteiger partial charge in [0.15, 0.2) is 4.67 Å². The summed E-state index contributed by atoms with van der Waals surface area (Å²) in [7, 11) is -4.56. The van der Waals surface area contributed by atoms with E-state index in [0.717, 1.165) is 6.07 Å². The maximum atomic E-state index is 10.6. The lowest BCUT2D eigenvalue weighted by molar-refractivity contribution is 0.0654. The minimum atomic E-state index is -4.56. The van der Waals surface area contributed by atoms with Crippen LogP contribution in [-0.4, -0.2) is 24.0 Å². The molecule has 1 aromatic heterocycles. The van der Waals surface area contributed by atoms with E-state index >= 15 is 0 Å². The predicted octanol–water partition coefficient (Wildman–Crippen LogP) is 0.987. The van der Waals surface area contributed by atoms with E-state index in [2.05, 4.69) is 20.3 Å². The Bertz CT molecular complexity index is 444. The van der Waals surface area contributed by atoms with Crippen molar-refractivity contribution in [2.24, 2.45) is 0 Å². The van der Waals surface area contributed by atoms with Crippen molar-refractivity contribution < 1.29 is 27.3 Å². The molecule has 13 heavy (non-hydrogen) atoms. The van der Waals surface area contributed by atoms with Gasteiger partial charge in [0, 0.05) is 6.07 Å². The quantitative estimate of drug-likeness (QED) is 0.777. The number of halogens is 1. The topological polar surface area (TPSA) is 105 Å². The SMILES string of the molecule is O=C(O)c1oc(Br)cc1S(=O)(=O)O. The fraction of sp³-hybridized carbons (Fsp3) is 0. The standard InChI is InChI=1S/C5H3BrO6S/c6-3-1-2(13(9,10)11)4(12-3)5(7)8/h1H,(H,7,8)(H,9,10,11). The van der Waals surface area contributed by atoms with Crippen molar-refractivity contribution in [2.45, 2.75) is 4.90 Å². The molecule has 1 rings (SSSR count). The number of hydrogen-bond donors (Lipinski definition) is 2. The molecule has 0 amide bonds. The van der Waals surface area contributed by atoms with Gasteiger partial charge in [-0.2, -0.15) is 8.42 Å². The molecule has 6 nitrogen and oxygen atoms in total. The molecule has 0 fully saturated rings. The van der Waals surface area contributed by atoms with Gasteiger partial charge >= 0.3 is 5.97 Å². The summed E-state index contributed by atoms with van der Waals surface area (Å²) in [6.45, 7) is 0. The van der Waals surface area contributed by atoms with Crippen LogP contribution in [-0.2, 0) is 10.1 Å². The summed E-state index contributed by atoms with van der Waals surface area (Å²) in [5, 5.41) is 8.45. The van der Waals surface area contributed by atoms with E-state index in [0.29, 0.717) is 0 Å². The van der Waals surface area contributed by atoms with Crippen LogP contribution in [0.3, 0.4) is 0 Å². The largest absolute Gasteiger partial charge is 0.475 e. The summed E-state index contributed by atoms with van der Waals surface area (Å²) in [6, 6.07) is 0.860. The van der Waals surface area contributed by atoms with Crippen molar-refractivity contribution in [3.05, 3.63) is 16.5 Å². The van der Waals surface area contributed by atoms with Gasteiger partial charge in [0.2, 0.25) is 5.76 Å². The van der Waals surface area contributed by atoms with Gasteiger partial charge in [-0.25, -0.2) is 4.79 Å². The summed E-state index contributed by atoms with van der Waals surface area (Å²) in [6.07, 6.45) is 0. The van der Waals surface area contributed by atoms with Gasteiger partial charge in [0.1, 0.15) is 4.90 Å². The molecule has 0 saturated carbocycles. The van der Waals surface area contributed by atoms with Crippen molar-refractivity contribution in [3.63, 3.8) is 0 Å². The van der Waals surface area contributed by atoms with E-state index in [1.165, 1.54) is 0 Å². The molecule has 0 aliphatic heterocycles. The van der Waals surface area contributed by atoms with Gasteiger partial charge in [-0.1, -0.05) is 0 Å². The zero-order valence-corrected chi connectivity index (χ0v) is 8.29. The van der Waals surface area contributed by atoms with Crippen LogP contribution in [0.15, 0.2) is 20.0 Å². The molecule has 0 unspecified atom stereocenters. The maximum absolute atomic E-state index is 10.6. The highest BCUT2D eigenvalue weighted by Crippen LogP contribution is 2.24. The summed E-state index contributed by atoms with van der Waals surface area (Å²) in [4.78, 5) is 9.62. The molecule has 0 aliphatic rings. The highest BCUT2D eigenvalue weighted by molar-refractivity contribution is 9.10. The maximum Gasteiger partial charge on any atom is 0.373 e. The second-order valence-corrected chi connectivity index (χ2v) is 4.20. The molecule has 8 heteroatoms. The van der Waals surface area contributed by atoms with Crippen LogP contribution in [0.25, 0.3) is 0 Å². The second kappa shape index (κ2) is 3.13. The van der Waals surface area contributed by atoms with Crippen molar-refractivity contribution >= 4 is 32.0 Å². The molecule has 0 radical (unpaired) electrons. The van der Waals surface area contributed by atoms with Crippen molar-refractivity contribution in [2.75, 3.05) is 0 Å². The minimum Gasteiger partial charge on any atom is -0.475 e. The van der Waals surface area contributed by atoms with Gasteiger partial charge in [0.25, 0.3) is 10.1 Å². The average molecular weight is 271 g/mol. The number of aromatic carboxylic acids is 1. The number of hydrogen-bond acceptors (Lipinski definition) is 4. The second-order valence-electron chi connectivity index (χ2n) is 2.02. The zero-order valence-electron chi connectivity index (χ0n) is 5.89. The summed E-state index contributed by atoms with van der Waals surface area (Å²) in [5.74, 6) is -2.40. The van der Waals surface area contributed by atoms with E-state index in [9.17, 15) is 13.2 Å². The van der Waals surface area contributed by atoms with Gasteiger partial charge in [-0.05, 0) is 15.9 Å². The lowest BCUT2D eigenvalue weighted by Gasteiger charge is -1.91. The molecule has 72 valence electrons. The molecular formula is C5H3BrO6S. The smallest absolute Gasteiger partial charge is 0.373 e. The number of carboxylic acid groups (broad SMARTS) is 1. The third kappa shape index (κ3) is 2.08. The fourth-order valence-corrected chi connectivity index (χ4v) is 1.85. The Labute approximate surface area is 81.0 Å². The van der Waals surface area contributed by atoms with Gasteiger partial charge < -0.3 is 9.52 Å². The zero-order chi connectivity index (χ0) is 10.2. The Morgan fingerprint density at radius 2 is 2.08 bits per heavy atom. The predicted molar refractivity (Wildman–Crippen MR) is 43.2 cm³/mol. The average Bonchev–Trinajstić information content (AvgIpc) is 2.29. The van der Waals surface area contributed by atoms with Crippen molar-refractivity contribution in [3.8, 4) is 0 Å². The molecule has 0 aliphatic carbocycles. The third-order valence-corrected chi connectivity index (χ3v) is 2.39. The number of carbonyl (C=O) groups is 1. The fourth-order valence-electron chi connectivity index (χ4n) is 0.687. The molecule has 0 aromatic carbocycles. The van der Waals surface area contributed by atoms with E-state index < -0.39 is 26.7 Å². The first-order chi connectivity index (χ1) is 5.82. The van der Waals surface area contributed by atoms with Crippen LogP contribution in [0, 0.1) is 0 Å². The van der Waals surface area contributed by atoms with E-state index in [1.807, 2.05) is 0 Å². The first-order valence-electron chi connectivity index (χ1n) is 2.82. The van der Waals surface area contributed by atoms with E-state index in [1.54, 1.807) is 0 Å². The van der Waals surface area contributed by atoms with Crippen molar-refractivity contribution in [1.29, 1.82) is 0 Å². The highest BCUT2D eigenvalue weighted by atomic mass is 79.9. The number of carboxylic acids is 1. The highest BCUT2D eigenvalue weighted by Gasteiger charge is 2.25. The molecule has 0 bridgehead atoms. The lowest BCUT2D eigenvalue weighted by Crippen LogP contribution is -2.04. The molecule has 0 saturated heterocycles. The Kier molecular flexibility index (Phi) is 2.46. The molecule has 0 atom stereocenters. The van der Waals surface area contributed by atoms with Gasteiger partial charge in [-0.15, -0.1) is 0 Å². The molecule has 1 aromatic rings. The third-order valence-electron chi connectivity index (χ3n) is 1.14. The Morgan fingerprint density at radius 3 is 2.38 bits per heavy atom. The van der Waals surface area contributed by atoms with E-state index in [4.69, 9.17) is 9.66 Å². The van der Waals surface area contributed by atoms with Crippen LogP contribution in [0.1, 0.15) is 10.6 Å². The number of furan rings is 1. The van der Waals surface area contributed by atoms with Gasteiger partial charge in [-0.3, -0.25) is 4.55 Å². The van der Waals surface area contributed by atoms with Crippen LogP contribution in [0.5, 0.6) is 0 Å². The van der Waals surface area contributed by atoms with Crippen LogP contribution in [0.2, 0.25) is 0 Å². The van der Waals surface area contributed by atoms with E-state index in [-0.39, 0.29) is 4.67 Å². The Balaban J connectivity index is 3.46. The minimum absolute atomic E-state index is 0.0856. The molecule has 0 spiro atoms. The Hall–Kier alpha value is -0.860. The first kappa shape index (κ1) is 10.2. The summed E-state index contributed by atoms with van der Waals surface area (Å²) < 4.78 is 34.1. The lowest BCUT2D eigenvalue weighted by atomic mass is 10.5. The molecule has 2 N–H and O–H groups in total. The summed E-state index contributed by atoms with van der Waals surface area (Å²) in [5.41, 5.74) is 0. The number of rotatable bonds is 2. The van der Waals surface area contributed by atoms with Crippen LogP contribution in [0.4, 0.5) is 0 Å². The van der Waals surface area contributed by atoms with Crippen LogP contribution >= 0.6 is 15.9 Å². The molecular weight excluding hydrogens is 268 g/mol.